The Hall–Kier alpha value is -1.35. The molecule has 2 atom stereocenters. The van der Waals surface area contributed by atoms with Crippen molar-refractivity contribution in [1.82, 2.24) is 10.3 Å². The molecule has 1 aliphatic carbocycles. The van der Waals surface area contributed by atoms with Gasteiger partial charge < -0.3 is 9.73 Å². The summed E-state index contributed by atoms with van der Waals surface area (Å²) in [6.45, 7) is 10.3. The van der Waals surface area contributed by atoms with Crippen molar-refractivity contribution in [2.24, 2.45) is 5.41 Å². The van der Waals surface area contributed by atoms with Gasteiger partial charge in [0.15, 0.2) is 11.5 Å². The Bertz CT molecular complexity index is 700. The molecular weight excluding hydrogens is 248 g/mol. The first-order valence-corrected chi connectivity index (χ1v) is 7.56. The minimum Gasteiger partial charge on any atom is -0.441 e. The first-order valence-electron chi connectivity index (χ1n) is 7.56. The molecule has 2 aromatic rings. The largest absolute Gasteiger partial charge is 0.441 e. The lowest BCUT2D eigenvalue weighted by Crippen LogP contribution is -2.62. The lowest BCUT2D eigenvalue weighted by atomic mass is 9.51. The van der Waals surface area contributed by atoms with Crippen LogP contribution in [0.5, 0.6) is 0 Å². The molecule has 3 nitrogen and oxygen atoms in total. The third-order valence-corrected chi connectivity index (χ3v) is 6.05. The van der Waals surface area contributed by atoms with E-state index in [2.05, 4.69) is 43.2 Å². The van der Waals surface area contributed by atoms with E-state index in [1.807, 2.05) is 6.92 Å². The Morgan fingerprint density at radius 1 is 1.30 bits per heavy atom. The SMILES string of the molecule is Cc1nc2cc3c(cc2o1)[C@]1(C)CCN[C@H](C3)C1(C)C. The summed E-state index contributed by atoms with van der Waals surface area (Å²) in [6.07, 6.45) is 2.28. The fraction of sp³-hybridized carbons (Fsp3) is 0.588. The molecule has 2 bridgehead atoms. The van der Waals surface area contributed by atoms with Crippen molar-refractivity contribution in [1.29, 1.82) is 0 Å². The van der Waals surface area contributed by atoms with E-state index in [-0.39, 0.29) is 10.8 Å². The smallest absolute Gasteiger partial charge is 0.192 e. The van der Waals surface area contributed by atoms with Crippen molar-refractivity contribution in [3.8, 4) is 0 Å². The third kappa shape index (κ3) is 1.37. The van der Waals surface area contributed by atoms with Crippen molar-refractivity contribution in [2.75, 3.05) is 6.54 Å². The Balaban J connectivity index is 2.01. The molecule has 4 rings (SSSR count). The molecule has 0 spiro atoms. The predicted molar refractivity (Wildman–Crippen MR) is 80.0 cm³/mol. The average molecular weight is 270 g/mol. The molecule has 2 heterocycles. The molecule has 106 valence electrons. The Morgan fingerprint density at radius 3 is 2.90 bits per heavy atom. The second-order valence-electron chi connectivity index (χ2n) is 7.22. The molecule has 0 saturated carbocycles. The number of aryl methyl sites for hydroxylation is 1. The fourth-order valence-electron chi connectivity index (χ4n) is 4.30. The van der Waals surface area contributed by atoms with Crippen molar-refractivity contribution in [3.05, 3.63) is 29.2 Å². The number of nitrogens with one attached hydrogen (secondary N) is 1. The molecule has 2 aliphatic rings. The molecule has 0 unspecified atom stereocenters. The van der Waals surface area contributed by atoms with Crippen molar-refractivity contribution >= 4 is 11.1 Å². The molecule has 1 N–H and O–H groups in total. The van der Waals surface area contributed by atoms with Gasteiger partial charge in [0.1, 0.15) is 5.52 Å². The van der Waals surface area contributed by atoms with Crippen LogP contribution in [0.15, 0.2) is 16.5 Å². The highest BCUT2D eigenvalue weighted by Crippen LogP contribution is 2.54. The van der Waals surface area contributed by atoms with Crippen LogP contribution < -0.4 is 5.32 Å². The Morgan fingerprint density at radius 2 is 2.10 bits per heavy atom. The normalized spacial score (nSPS) is 31.3. The summed E-state index contributed by atoms with van der Waals surface area (Å²) in [4.78, 5) is 4.49. The monoisotopic (exact) mass is 270 g/mol. The maximum atomic E-state index is 5.76. The lowest BCUT2D eigenvalue weighted by Gasteiger charge is -2.57. The molecule has 3 heteroatoms. The number of oxazole rings is 1. The van der Waals surface area contributed by atoms with Crippen LogP contribution in [0.2, 0.25) is 0 Å². The van der Waals surface area contributed by atoms with E-state index >= 15 is 0 Å². The number of hydrogen-bond donors (Lipinski definition) is 1. The number of nitrogens with zero attached hydrogens (tertiary/aromatic N) is 1. The van der Waals surface area contributed by atoms with Gasteiger partial charge in [-0.1, -0.05) is 20.8 Å². The Labute approximate surface area is 119 Å². The number of benzene rings is 1. The minimum absolute atomic E-state index is 0.214. The minimum atomic E-state index is 0.214. The van der Waals surface area contributed by atoms with Crippen LogP contribution in [0.25, 0.3) is 11.1 Å². The average Bonchev–Trinajstić information content (AvgIpc) is 2.71. The summed E-state index contributed by atoms with van der Waals surface area (Å²) < 4.78 is 5.76. The fourth-order valence-corrected chi connectivity index (χ4v) is 4.30. The molecule has 1 fully saturated rings. The summed E-state index contributed by atoms with van der Waals surface area (Å²) in [6, 6.07) is 5.06. The van der Waals surface area contributed by atoms with E-state index in [9.17, 15) is 0 Å². The van der Waals surface area contributed by atoms with Crippen LogP contribution in [0.4, 0.5) is 0 Å². The maximum Gasteiger partial charge on any atom is 0.192 e. The molecule has 0 radical (unpaired) electrons. The summed E-state index contributed by atoms with van der Waals surface area (Å²) >= 11 is 0. The second kappa shape index (κ2) is 3.64. The van der Waals surface area contributed by atoms with Crippen LogP contribution in [0, 0.1) is 12.3 Å². The van der Waals surface area contributed by atoms with Crippen LogP contribution in [0.1, 0.15) is 44.2 Å². The molecule has 20 heavy (non-hydrogen) atoms. The highest BCUT2D eigenvalue weighted by molar-refractivity contribution is 5.76. The van der Waals surface area contributed by atoms with Gasteiger partial charge in [-0.2, -0.15) is 0 Å². The Kier molecular flexibility index (Phi) is 2.26. The van der Waals surface area contributed by atoms with Gasteiger partial charge in [-0.25, -0.2) is 4.98 Å². The number of hydrogen-bond acceptors (Lipinski definition) is 3. The maximum absolute atomic E-state index is 5.76. The van der Waals surface area contributed by atoms with Crippen LogP contribution in [-0.2, 0) is 11.8 Å². The van der Waals surface area contributed by atoms with E-state index < -0.39 is 0 Å². The zero-order valence-corrected chi connectivity index (χ0v) is 12.7. The van der Waals surface area contributed by atoms with E-state index in [1.54, 1.807) is 0 Å². The van der Waals surface area contributed by atoms with Gasteiger partial charge in [0.2, 0.25) is 0 Å². The number of aromatic nitrogens is 1. The predicted octanol–water partition coefficient (Wildman–Crippen LogP) is 3.34. The molecule has 1 aromatic carbocycles. The van der Waals surface area contributed by atoms with Crippen LogP contribution in [-0.4, -0.2) is 17.6 Å². The highest BCUT2D eigenvalue weighted by Gasteiger charge is 2.53. The lowest BCUT2D eigenvalue weighted by molar-refractivity contribution is 0.0560. The topological polar surface area (TPSA) is 38.1 Å². The zero-order valence-electron chi connectivity index (χ0n) is 12.7. The highest BCUT2D eigenvalue weighted by atomic mass is 16.3. The van der Waals surface area contributed by atoms with Gasteiger partial charge in [-0.05, 0) is 48.1 Å². The standard InChI is InChI=1S/C17H22N2O/c1-10-19-13-7-11-8-15-16(2,3)17(4,5-6-18-15)12(11)9-14(13)20-10/h7,9,15,18H,5-6,8H2,1-4H3/t15-,17+/m1/s1. The molecule has 1 aliphatic heterocycles. The van der Waals surface area contributed by atoms with Gasteiger partial charge in [-0.15, -0.1) is 0 Å². The summed E-state index contributed by atoms with van der Waals surface area (Å²) in [7, 11) is 0. The van der Waals surface area contributed by atoms with E-state index in [0.29, 0.717) is 6.04 Å². The molecular formula is C17H22N2O. The van der Waals surface area contributed by atoms with E-state index in [0.717, 1.165) is 30.0 Å². The van der Waals surface area contributed by atoms with Gasteiger partial charge in [-0.3, -0.25) is 0 Å². The molecule has 0 amide bonds. The third-order valence-electron chi connectivity index (χ3n) is 6.05. The molecule has 1 saturated heterocycles. The summed E-state index contributed by atoms with van der Waals surface area (Å²) in [5, 5.41) is 3.72. The van der Waals surface area contributed by atoms with Gasteiger partial charge in [0, 0.05) is 18.4 Å². The quantitative estimate of drug-likeness (QED) is 0.798. The van der Waals surface area contributed by atoms with Crippen molar-refractivity contribution < 1.29 is 4.42 Å². The van der Waals surface area contributed by atoms with Gasteiger partial charge >= 0.3 is 0 Å². The number of rotatable bonds is 0. The van der Waals surface area contributed by atoms with E-state index in [1.165, 1.54) is 17.5 Å². The number of fused-ring (bicyclic) bond motifs is 5. The van der Waals surface area contributed by atoms with Gasteiger partial charge in [0.25, 0.3) is 0 Å². The first-order chi connectivity index (χ1) is 9.42. The zero-order chi connectivity index (χ0) is 14.1. The second-order valence-corrected chi connectivity index (χ2v) is 7.22. The van der Waals surface area contributed by atoms with Crippen LogP contribution >= 0.6 is 0 Å². The first kappa shape index (κ1) is 12.4. The summed E-state index contributed by atoms with van der Waals surface area (Å²) in [5.74, 6) is 0.757. The molecule has 1 aromatic heterocycles. The summed E-state index contributed by atoms with van der Waals surface area (Å²) in [5.41, 5.74) is 5.35. The number of piperidine rings is 1. The van der Waals surface area contributed by atoms with Crippen molar-refractivity contribution in [2.45, 2.75) is 52.0 Å². The van der Waals surface area contributed by atoms with E-state index in [4.69, 9.17) is 4.42 Å². The van der Waals surface area contributed by atoms with Crippen molar-refractivity contribution in [3.63, 3.8) is 0 Å². The van der Waals surface area contributed by atoms with Crippen LogP contribution in [0.3, 0.4) is 0 Å². The van der Waals surface area contributed by atoms with Gasteiger partial charge in [0.05, 0.1) is 0 Å².